The van der Waals surface area contributed by atoms with E-state index in [9.17, 15) is 4.79 Å². The number of carboxylic acid groups (broad SMARTS) is 1. The summed E-state index contributed by atoms with van der Waals surface area (Å²) in [6.07, 6.45) is 2.79. The highest BCUT2D eigenvalue weighted by Gasteiger charge is 2.13. The Balaban J connectivity index is 3.05. The van der Waals surface area contributed by atoms with Crippen molar-refractivity contribution in [3.63, 3.8) is 0 Å². The molecule has 2 nitrogen and oxygen atoms in total. The molecule has 0 spiro atoms. The zero-order valence-electron chi connectivity index (χ0n) is 10.2. The smallest absolute Gasteiger partial charge is 0.328 e. The summed E-state index contributed by atoms with van der Waals surface area (Å²) >= 11 is 0. The van der Waals surface area contributed by atoms with Crippen molar-refractivity contribution in [1.82, 2.24) is 0 Å². The van der Waals surface area contributed by atoms with Crippen LogP contribution < -0.4 is 0 Å². The number of hydrogen-bond acceptors (Lipinski definition) is 1. The average Bonchev–Trinajstić information content (AvgIpc) is 2.14. The molecule has 0 unspecified atom stereocenters. The van der Waals surface area contributed by atoms with E-state index in [1.807, 2.05) is 13.0 Å². The fourth-order valence-electron chi connectivity index (χ4n) is 1.49. The van der Waals surface area contributed by atoms with Crippen LogP contribution in [0.25, 0.3) is 6.08 Å². The van der Waals surface area contributed by atoms with Crippen molar-refractivity contribution in [2.75, 3.05) is 0 Å². The Labute approximate surface area is 96.6 Å². The van der Waals surface area contributed by atoms with Crippen molar-refractivity contribution < 1.29 is 9.90 Å². The van der Waals surface area contributed by atoms with Crippen molar-refractivity contribution in [3.8, 4) is 0 Å². The van der Waals surface area contributed by atoms with Gasteiger partial charge in [-0.25, -0.2) is 4.79 Å². The summed E-state index contributed by atoms with van der Waals surface area (Å²) in [5, 5.41) is 8.56. The van der Waals surface area contributed by atoms with Crippen molar-refractivity contribution in [2.24, 2.45) is 0 Å². The fourth-order valence-corrected chi connectivity index (χ4v) is 1.49. The van der Waals surface area contributed by atoms with Gasteiger partial charge < -0.3 is 5.11 Å². The summed E-state index contributed by atoms with van der Waals surface area (Å²) in [5.74, 6) is -0.917. The molecular formula is C14H18O2. The van der Waals surface area contributed by atoms with Gasteiger partial charge in [-0.05, 0) is 35.1 Å². The Morgan fingerprint density at radius 2 is 1.94 bits per heavy atom. The van der Waals surface area contributed by atoms with Gasteiger partial charge in [-0.1, -0.05) is 39.0 Å². The van der Waals surface area contributed by atoms with Crippen LogP contribution in [-0.4, -0.2) is 11.1 Å². The van der Waals surface area contributed by atoms with E-state index in [2.05, 4.69) is 32.9 Å². The number of aliphatic carboxylic acids is 1. The Bertz CT molecular complexity index is 423. The van der Waals surface area contributed by atoms with Gasteiger partial charge in [-0.15, -0.1) is 0 Å². The summed E-state index contributed by atoms with van der Waals surface area (Å²) in [6, 6.07) is 6.13. The highest BCUT2D eigenvalue weighted by Crippen LogP contribution is 2.24. The molecule has 0 atom stereocenters. The number of hydrogen-bond donors (Lipinski definition) is 1. The molecule has 0 aliphatic rings. The van der Waals surface area contributed by atoms with E-state index in [0.717, 1.165) is 11.1 Å². The van der Waals surface area contributed by atoms with E-state index in [0.29, 0.717) is 0 Å². The largest absolute Gasteiger partial charge is 0.478 e. The second kappa shape index (κ2) is 4.52. The normalized spacial score (nSPS) is 12.0. The van der Waals surface area contributed by atoms with E-state index in [1.54, 1.807) is 6.08 Å². The molecule has 86 valence electrons. The van der Waals surface area contributed by atoms with Gasteiger partial charge in [0.25, 0.3) is 0 Å². The third-order valence-corrected chi connectivity index (χ3v) is 2.54. The number of carbonyl (C=O) groups is 1. The van der Waals surface area contributed by atoms with Gasteiger partial charge in [0.05, 0.1) is 0 Å². The van der Waals surface area contributed by atoms with Crippen LogP contribution in [0.15, 0.2) is 24.3 Å². The number of rotatable bonds is 2. The maximum absolute atomic E-state index is 10.4. The highest BCUT2D eigenvalue weighted by molar-refractivity contribution is 5.85. The minimum atomic E-state index is -0.917. The monoisotopic (exact) mass is 218 g/mol. The Morgan fingerprint density at radius 1 is 1.31 bits per heavy atom. The topological polar surface area (TPSA) is 37.3 Å². The molecule has 0 fully saturated rings. The molecule has 0 aliphatic heterocycles. The predicted molar refractivity (Wildman–Crippen MR) is 66.5 cm³/mol. The molecule has 0 aliphatic carbocycles. The fraction of sp³-hybridized carbons (Fsp3) is 0.357. The second-order valence-electron chi connectivity index (χ2n) is 4.99. The molecule has 1 aromatic carbocycles. The molecule has 0 saturated carbocycles. The van der Waals surface area contributed by atoms with Crippen LogP contribution in [0, 0.1) is 6.92 Å². The third kappa shape index (κ3) is 3.23. The molecule has 0 heterocycles. The Morgan fingerprint density at radius 3 is 2.38 bits per heavy atom. The molecule has 0 amide bonds. The highest BCUT2D eigenvalue weighted by atomic mass is 16.4. The predicted octanol–water partition coefficient (Wildman–Crippen LogP) is 3.39. The lowest BCUT2D eigenvalue weighted by Crippen LogP contribution is -2.11. The minimum Gasteiger partial charge on any atom is -0.478 e. The third-order valence-electron chi connectivity index (χ3n) is 2.54. The van der Waals surface area contributed by atoms with Crippen LogP contribution in [0.2, 0.25) is 0 Å². The van der Waals surface area contributed by atoms with Gasteiger partial charge >= 0.3 is 5.97 Å². The van der Waals surface area contributed by atoms with E-state index >= 15 is 0 Å². The van der Waals surface area contributed by atoms with Crippen LogP contribution in [-0.2, 0) is 10.2 Å². The number of carboxylic acids is 1. The van der Waals surface area contributed by atoms with Crippen LogP contribution in [0.3, 0.4) is 0 Å². The van der Waals surface area contributed by atoms with Gasteiger partial charge in [0, 0.05) is 6.08 Å². The first-order valence-corrected chi connectivity index (χ1v) is 5.33. The van der Waals surface area contributed by atoms with Gasteiger partial charge in [0.1, 0.15) is 0 Å². The van der Waals surface area contributed by atoms with Crippen molar-refractivity contribution in [2.45, 2.75) is 33.1 Å². The molecule has 0 aromatic heterocycles. The molecule has 1 aromatic rings. The minimum absolute atomic E-state index is 0.125. The first-order chi connectivity index (χ1) is 7.30. The van der Waals surface area contributed by atoms with Gasteiger partial charge in [0.15, 0.2) is 0 Å². The summed E-state index contributed by atoms with van der Waals surface area (Å²) in [6.45, 7) is 8.48. The van der Waals surface area contributed by atoms with Gasteiger partial charge in [-0.2, -0.15) is 0 Å². The zero-order valence-corrected chi connectivity index (χ0v) is 10.2. The quantitative estimate of drug-likeness (QED) is 0.772. The van der Waals surface area contributed by atoms with Crippen molar-refractivity contribution >= 4 is 12.0 Å². The lowest BCUT2D eigenvalue weighted by Gasteiger charge is -2.20. The summed E-state index contributed by atoms with van der Waals surface area (Å²) in [7, 11) is 0. The second-order valence-corrected chi connectivity index (χ2v) is 4.99. The van der Waals surface area contributed by atoms with Crippen LogP contribution in [0.1, 0.15) is 37.5 Å². The van der Waals surface area contributed by atoms with E-state index in [1.165, 1.54) is 11.6 Å². The maximum atomic E-state index is 10.4. The number of benzene rings is 1. The summed E-state index contributed by atoms with van der Waals surface area (Å²) < 4.78 is 0. The van der Waals surface area contributed by atoms with Crippen LogP contribution >= 0.6 is 0 Å². The van der Waals surface area contributed by atoms with Gasteiger partial charge in [0.2, 0.25) is 0 Å². The SMILES string of the molecule is Cc1cc(C(C)(C)C)ccc1/C=C/C(=O)O. The average molecular weight is 218 g/mol. The Hall–Kier alpha value is -1.57. The number of aryl methyl sites for hydroxylation is 1. The molecule has 0 bridgehead atoms. The molecule has 16 heavy (non-hydrogen) atoms. The molecule has 0 saturated heterocycles. The van der Waals surface area contributed by atoms with Crippen molar-refractivity contribution in [1.29, 1.82) is 0 Å². The molecule has 0 radical (unpaired) electrons. The van der Waals surface area contributed by atoms with Gasteiger partial charge in [-0.3, -0.25) is 0 Å². The van der Waals surface area contributed by atoms with E-state index in [4.69, 9.17) is 5.11 Å². The lowest BCUT2D eigenvalue weighted by molar-refractivity contribution is -0.131. The molecule has 1 rings (SSSR count). The van der Waals surface area contributed by atoms with Crippen LogP contribution in [0.5, 0.6) is 0 Å². The van der Waals surface area contributed by atoms with Crippen LogP contribution in [0.4, 0.5) is 0 Å². The van der Waals surface area contributed by atoms with E-state index < -0.39 is 5.97 Å². The molecular weight excluding hydrogens is 200 g/mol. The summed E-state index contributed by atoms with van der Waals surface area (Å²) in [5.41, 5.74) is 3.44. The standard InChI is InChI=1S/C14H18O2/c1-10-9-12(14(2,3)4)7-5-11(10)6-8-13(15)16/h5-9H,1-4H3,(H,15,16)/b8-6+. The first kappa shape index (κ1) is 12.5. The molecule has 2 heteroatoms. The lowest BCUT2D eigenvalue weighted by atomic mass is 9.85. The zero-order chi connectivity index (χ0) is 12.3. The first-order valence-electron chi connectivity index (χ1n) is 5.33. The summed E-state index contributed by atoms with van der Waals surface area (Å²) in [4.78, 5) is 10.4. The van der Waals surface area contributed by atoms with E-state index in [-0.39, 0.29) is 5.41 Å². The molecule has 1 N–H and O–H groups in total. The Kier molecular flexibility index (Phi) is 3.53. The maximum Gasteiger partial charge on any atom is 0.328 e. The van der Waals surface area contributed by atoms with Crippen molar-refractivity contribution in [3.05, 3.63) is 41.0 Å².